The number of fused-ring (bicyclic) bond motifs is 1. The van der Waals surface area contributed by atoms with Crippen molar-refractivity contribution in [3.63, 3.8) is 0 Å². The summed E-state index contributed by atoms with van der Waals surface area (Å²) in [5, 5.41) is 13.5. The molecule has 36 heavy (non-hydrogen) atoms. The third kappa shape index (κ3) is 5.06. The number of urea groups is 1. The first-order valence-electron chi connectivity index (χ1n) is 12.7. The predicted molar refractivity (Wildman–Crippen MR) is 144 cm³/mol. The fourth-order valence-electron chi connectivity index (χ4n) is 5.17. The number of ether oxygens (including phenoxy) is 1. The Morgan fingerprint density at radius 3 is 2.78 bits per heavy atom. The van der Waals surface area contributed by atoms with E-state index in [0.717, 1.165) is 41.1 Å². The Balaban J connectivity index is 1.31. The molecule has 1 unspecified atom stereocenters. The first-order chi connectivity index (χ1) is 17.4. The van der Waals surface area contributed by atoms with Gasteiger partial charge in [0, 0.05) is 31.5 Å². The van der Waals surface area contributed by atoms with E-state index in [9.17, 15) is 9.90 Å². The number of carbonyl (C=O) groups is 1. The molecule has 2 amide bonds. The Hall–Kier alpha value is -3.10. The van der Waals surface area contributed by atoms with E-state index < -0.39 is 0 Å². The minimum absolute atomic E-state index is 0.00259. The number of amides is 2. The first kappa shape index (κ1) is 24.6. The molecule has 0 spiro atoms. The van der Waals surface area contributed by atoms with Crippen LogP contribution in [0, 0.1) is 5.92 Å². The van der Waals surface area contributed by atoms with Gasteiger partial charge in [0.25, 0.3) is 0 Å². The highest BCUT2D eigenvalue weighted by Crippen LogP contribution is 2.41. The molecule has 2 heterocycles. The van der Waals surface area contributed by atoms with Crippen molar-refractivity contribution in [1.82, 2.24) is 15.2 Å². The maximum atomic E-state index is 12.9. The molecule has 1 fully saturated rings. The number of rotatable bonds is 6. The highest BCUT2D eigenvalue weighted by molar-refractivity contribution is 7.18. The number of nitrogens with zero attached hydrogens (tertiary/aromatic N) is 2. The highest BCUT2D eigenvalue weighted by atomic mass is 32.1. The van der Waals surface area contributed by atoms with Crippen molar-refractivity contribution in [3.8, 4) is 26.8 Å². The fourth-order valence-corrected chi connectivity index (χ4v) is 6.13. The number of nitrogens with two attached hydrogens (primary N) is 1. The maximum absolute atomic E-state index is 12.9. The molecule has 0 bridgehead atoms. The number of anilines is 1. The molecule has 1 aliphatic carbocycles. The minimum Gasteiger partial charge on any atom is -0.489 e. The largest absolute Gasteiger partial charge is 0.489 e. The summed E-state index contributed by atoms with van der Waals surface area (Å²) in [6, 6.07) is 12.2. The molecule has 5 rings (SSSR count). The first-order valence-corrected chi connectivity index (χ1v) is 13.6. The number of aromatic nitrogens is 1. The summed E-state index contributed by atoms with van der Waals surface area (Å²) < 4.78 is 5.76. The quantitative estimate of drug-likeness (QED) is 0.397. The zero-order valence-corrected chi connectivity index (χ0v) is 21.7. The summed E-state index contributed by atoms with van der Waals surface area (Å²) in [5.74, 6) is 1.01. The summed E-state index contributed by atoms with van der Waals surface area (Å²) in [4.78, 5) is 20.6. The van der Waals surface area contributed by atoms with Gasteiger partial charge in [0.2, 0.25) is 0 Å². The zero-order valence-electron chi connectivity index (χ0n) is 20.9. The zero-order chi connectivity index (χ0) is 25.2. The summed E-state index contributed by atoms with van der Waals surface area (Å²) in [5.41, 5.74) is 11.5. The Kier molecular flexibility index (Phi) is 7.16. The van der Waals surface area contributed by atoms with E-state index in [0.29, 0.717) is 30.4 Å². The van der Waals surface area contributed by atoms with Crippen LogP contribution in [-0.4, -0.2) is 46.8 Å². The van der Waals surface area contributed by atoms with Crippen LogP contribution in [0.5, 0.6) is 5.75 Å². The lowest BCUT2D eigenvalue weighted by molar-refractivity contribution is 0.135. The van der Waals surface area contributed by atoms with Crippen LogP contribution >= 0.6 is 11.3 Å². The molecule has 3 aromatic rings. The van der Waals surface area contributed by atoms with Gasteiger partial charge >= 0.3 is 6.03 Å². The van der Waals surface area contributed by atoms with Crippen LogP contribution < -0.4 is 15.8 Å². The molecule has 1 aliphatic heterocycles. The second-order valence-corrected chi connectivity index (χ2v) is 11.0. The van der Waals surface area contributed by atoms with Crippen LogP contribution in [0.4, 0.5) is 10.5 Å². The van der Waals surface area contributed by atoms with Crippen LogP contribution in [-0.2, 0) is 6.42 Å². The monoisotopic (exact) mass is 506 g/mol. The summed E-state index contributed by atoms with van der Waals surface area (Å²) in [6.45, 7) is 5.58. The molecule has 2 aliphatic rings. The van der Waals surface area contributed by atoms with Crippen molar-refractivity contribution in [2.45, 2.75) is 51.7 Å². The number of nitrogen functional groups attached to an aromatic ring is 1. The van der Waals surface area contributed by atoms with Crippen LogP contribution in [0.1, 0.15) is 50.3 Å². The molecule has 1 atom stereocenters. The number of hydrogen-bond acceptors (Lipinski definition) is 6. The Morgan fingerprint density at radius 2 is 2.06 bits per heavy atom. The fraction of sp³-hybridized carbons (Fsp3) is 0.429. The summed E-state index contributed by atoms with van der Waals surface area (Å²) >= 11 is 1.65. The number of nitrogens with one attached hydrogen (secondary N) is 1. The molecule has 4 N–H and O–H groups in total. The number of benzene rings is 2. The van der Waals surface area contributed by atoms with Crippen molar-refractivity contribution in [1.29, 1.82) is 0 Å². The van der Waals surface area contributed by atoms with Gasteiger partial charge in [-0.2, -0.15) is 0 Å². The van der Waals surface area contributed by atoms with E-state index in [4.69, 9.17) is 10.5 Å². The van der Waals surface area contributed by atoms with Gasteiger partial charge < -0.3 is 25.8 Å². The number of carbonyl (C=O) groups excluding carboxylic acids is 1. The molecular formula is C28H34N4O3S. The normalized spacial score (nSPS) is 17.9. The third-order valence-corrected chi connectivity index (χ3v) is 8.20. The van der Waals surface area contributed by atoms with E-state index in [1.165, 1.54) is 16.7 Å². The van der Waals surface area contributed by atoms with Crippen LogP contribution in [0.15, 0.2) is 42.6 Å². The number of aliphatic hydroxyl groups excluding tert-OH is 1. The van der Waals surface area contributed by atoms with E-state index in [1.807, 2.05) is 43.1 Å². The van der Waals surface area contributed by atoms with Crippen LogP contribution in [0.25, 0.3) is 21.0 Å². The van der Waals surface area contributed by atoms with Crippen molar-refractivity contribution in [2.24, 2.45) is 5.92 Å². The number of likely N-dealkylation sites (tertiary alicyclic amines) is 1. The topological polar surface area (TPSA) is 101 Å². The van der Waals surface area contributed by atoms with Gasteiger partial charge in [0.15, 0.2) is 0 Å². The average Bonchev–Trinajstić information content (AvgIpc) is 3.53. The van der Waals surface area contributed by atoms with Crippen LogP contribution in [0.3, 0.4) is 0 Å². The van der Waals surface area contributed by atoms with Crippen LogP contribution in [0.2, 0.25) is 0 Å². The van der Waals surface area contributed by atoms with Gasteiger partial charge in [-0.15, -0.1) is 11.3 Å². The van der Waals surface area contributed by atoms with Crippen molar-refractivity contribution >= 4 is 23.1 Å². The number of piperidine rings is 1. The van der Waals surface area contributed by atoms with Crippen molar-refractivity contribution < 1.29 is 14.6 Å². The van der Waals surface area contributed by atoms with Gasteiger partial charge in [-0.1, -0.05) is 18.2 Å². The molecule has 190 valence electrons. The van der Waals surface area contributed by atoms with Gasteiger partial charge in [0.1, 0.15) is 10.8 Å². The second-order valence-electron chi connectivity index (χ2n) is 9.98. The van der Waals surface area contributed by atoms with E-state index in [2.05, 4.69) is 28.5 Å². The number of aliphatic hydroxyl groups is 1. The number of hydrogen-bond donors (Lipinski definition) is 3. The maximum Gasteiger partial charge on any atom is 0.317 e. The summed E-state index contributed by atoms with van der Waals surface area (Å²) in [7, 11) is 0. The van der Waals surface area contributed by atoms with E-state index >= 15 is 0 Å². The average molecular weight is 507 g/mol. The highest BCUT2D eigenvalue weighted by Gasteiger charge is 2.29. The molecule has 7 nitrogen and oxygen atoms in total. The number of thiazole rings is 1. The van der Waals surface area contributed by atoms with E-state index in [-0.39, 0.29) is 24.8 Å². The Morgan fingerprint density at radius 1 is 1.25 bits per heavy atom. The molecule has 8 heteroatoms. The lowest BCUT2D eigenvalue weighted by Gasteiger charge is -2.32. The molecule has 0 radical (unpaired) electrons. The minimum atomic E-state index is -0.00259. The molecule has 0 saturated carbocycles. The van der Waals surface area contributed by atoms with Crippen molar-refractivity contribution in [3.05, 3.63) is 53.7 Å². The smallest absolute Gasteiger partial charge is 0.317 e. The Bertz CT molecular complexity index is 1230. The lowest BCUT2D eigenvalue weighted by atomic mass is 9.98. The third-order valence-electron chi connectivity index (χ3n) is 7.12. The molecular weight excluding hydrogens is 472 g/mol. The lowest BCUT2D eigenvalue weighted by Crippen LogP contribution is -2.45. The van der Waals surface area contributed by atoms with Crippen molar-refractivity contribution in [2.75, 3.05) is 25.4 Å². The standard InChI is InChI=1S/C28H34N4O3S/c1-17(2)35-25-9-6-19(14-23(25)29)27-30-15-26(36-27)22-5-3-4-21-20(22)7-8-24(21)31-28(34)32-12-10-18(16-33)11-13-32/h3-6,9,14-15,17-18,24,33H,7-8,10-13,16,29H2,1-2H3,(H,31,34). The molecule has 1 aromatic heterocycles. The van der Waals surface area contributed by atoms with Gasteiger partial charge in [-0.05, 0) is 80.3 Å². The van der Waals surface area contributed by atoms with Gasteiger partial charge in [0.05, 0.1) is 22.7 Å². The Labute approximate surface area is 216 Å². The molecule has 1 saturated heterocycles. The predicted octanol–water partition coefficient (Wildman–Crippen LogP) is 5.25. The molecule has 2 aromatic carbocycles. The second kappa shape index (κ2) is 10.5. The van der Waals surface area contributed by atoms with E-state index in [1.54, 1.807) is 11.3 Å². The SMILES string of the molecule is CC(C)Oc1ccc(-c2ncc(-c3cccc4c3CCC4NC(=O)N3CCC(CO)CC3)s2)cc1N. The van der Waals surface area contributed by atoms with Gasteiger partial charge in [-0.3, -0.25) is 0 Å². The summed E-state index contributed by atoms with van der Waals surface area (Å²) in [6.07, 6.45) is 5.54. The van der Waals surface area contributed by atoms with Gasteiger partial charge in [-0.25, -0.2) is 9.78 Å².